The van der Waals surface area contributed by atoms with Gasteiger partial charge in [0.15, 0.2) is 0 Å². The first kappa shape index (κ1) is 17.2. The lowest BCUT2D eigenvalue weighted by Crippen LogP contribution is -2.23. The average Bonchev–Trinajstić information content (AvgIpc) is 2.57. The van der Waals surface area contributed by atoms with Gasteiger partial charge in [-0.3, -0.25) is 4.79 Å². The number of carbonyl (C=O) groups is 1. The second kappa shape index (κ2) is 9.06. The van der Waals surface area contributed by atoms with Crippen molar-refractivity contribution >= 4 is 17.5 Å². The van der Waals surface area contributed by atoms with Crippen LogP contribution in [0, 0.1) is 0 Å². The molecule has 0 atom stereocenters. The van der Waals surface area contributed by atoms with E-state index in [0.717, 1.165) is 6.42 Å². The van der Waals surface area contributed by atoms with Gasteiger partial charge >= 0.3 is 0 Å². The molecule has 0 aromatic heterocycles. The lowest BCUT2D eigenvalue weighted by Gasteiger charge is -2.10. The summed E-state index contributed by atoms with van der Waals surface area (Å²) >= 11 is 5.89. The molecule has 0 spiro atoms. The molecule has 0 heterocycles. The molecule has 122 valence electrons. The summed E-state index contributed by atoms with van der Waals surface area (Å²) < 4.78 is 11.2. The van der Waals surface area contributed by atoms with E-state index < -0.39 is 0 Å². The molecule has 2 aromatic carbocycles. The molecule has 0 aliphatic carbocycles. The quantitative estimate of drug-likeness (QED) is 0.744. The van der Waals surface area contributed by atoms with Crippen molar-refractivity contribution in [1.82, 2.24) is 5.32 Å². The van der Waals surface area contributed by atoms with Gasteiger partial charge in [-0.2, -0.15) is 0 Å². The van der Waals surface area contributed by atoms with E-state index in [-0.39, 0.29) is 5.91 Å². The number of rotatable bonds is 8. The van der Waals surface area contributed by atoms with Gasteiger partial charge in [-0.15, -0.1) is 0 Å². The average molecular weight is 334 g/mol. The molecule has 4 nitrogen and oxygen atoms in total. The van der Waals surface area contributed by atoms with Crippen molar-refractivity contribution in [3.05, 3.63) is 59.1 Å². The smallest absolute Gasteiger partial charge is 0.251 e. The lowest BCUT2D eigenvalue weighted by molar-refractivity contribution is 0.0953. The molecule has 0 fully saturated rings. The van der Waals surface area contributed by atoms with Crippen LogP contribution in [0.2, 0.25) is 5.02 Å². The van der Waals surface area contributed by atoms with Crippen LogP contribution < -0.4 is 14.8 Å². The van der Waals surface area contributed by atoms with Crippen LogP contribution in [0.1, 0.15) is 23.7 Å². The maximum Gasteiger partial charge on any atom is 0.251 e. The lowest BCUT2D eigenvalue weighted by atomic mass is 10.2. The number of halogens is 1. The molecule has 2 aromatic rings. The van der Waals surface area contributed by atoms with Crippen LogP contribution in [0.15, 0.2) is 48.5 Å². The highest BCUT2D eigenvalue weighted by Gasteiger charge is 2.05. The Morgan fingerprint density at radius 1 is 1.04 bits per heavy atom. The Labute approximate surface area is 141 Å². The van der Waals surface area contributed by atoms with Crippen molar-refractivity contribution < 1.29 is 14.3 Å². The second-order valence-corrected chi connectivity index (χ2v) is 5.37. The zero-order chi connectivity index (χ0) is 16.5. The van der Waals surface area contributed by atoms with E-state index in [1.54, 1.807) is 30.3 Å². The number of amides is 1. The summed E-state index contributed by atoms with van der Waals surface area (Å²) in [5.41, 5.74) is 0.590. The highest BCUT2D eigenvalue weighted by Crippen LogP contribution is 2.17. The predicted octanol–water partition coefficient (Wildman–Crippen LogP) is 3.94. The molecular weight excluding hydrogens is 314 g/mol. The van der Waals surface area contributed by atoms with Gasteiger partial charge in [0.1, 0.15) is 24.7 Å². The summed E-state index contributed by atoms with van der Waals surface area (Å²) in [6.45, 7) is 3.45. The first-order valence-corrected chi connectivity index (χ1v) is 7.96. The van der Waals surface area contributed by atoms with Crippen molar-refractivity contribution in [1.29, 1.82) is 0 Å². The number of benzene rings is 2. The minimum Gasteiger partial charge on any atom is -0.490 e. The summed E-state index contributed by atoms with van der Waals surface area (Å²) in [4.78, 5) is 11.9. The van der Waals surface area contributed by atoms with Crippen molar-refractivity contribution in [2.45, 2.75) is 13.3 Å². The molecule has 1 N–H and O–H groups in total. The van der Waals surface area contributed by atoms with Gasteiger partial charge in [-0.05, 0) is 42.8 Å². The van der Waals surface area contributed by atoms with Crippen LogP contribution in [0.3, 0.4) is 0 Å². The van der Waals surface area contributed by atoms with Crippen LogP contribution in [0.25, 0.3) is 0 Å². The molecule has 0 bridgehead atoms. The van der Waals surface area contributed by atoms with E-state index in [1.807, 2.05) is 25.1 Å². The van der Waals surface area contributed by atoms with Crippen LogP contribution in [-0.2, 0) is 0 Å². The molecule has 0 aliphatic rings. The van der Waals surface area contributed by atoms with Crippen molar-refractivity contribution in [2.75, 3.05) is 19.8 Å². The molecule has 0 aliphatic heterocycles. The van der Waals surface area contributed by atoms with Crippen LogP contribution in [0.5, 0.6) is 11.5 Å². The highest BCUT2D eigenvalue weighted by atomic mass is 35.5. The third kappa shape index (κ3) is 5.83. The molecule has 0 radical (unpaired) electrons. The van der Waals surface area contributed by atoms with E-state index in [4.69, 9.17) is 21.1 Å². The SMILES string of the molecule is CCCNC(=O)c1cccc(OCCOc2cccc(Cl)c2)c1. The number of hydrogen-bond acceptors (Lipinski definition) is 3. The monoisotopic (exact) mass is 333 g/mol. The Kier molecular flexibility index (Phi) is 6.76. The molecule has 1 amide bonds. The summed E-state index contributed by atoms with van der Waals surface area (Å²) in [6, 6.07) is 14.3. The largest absolute Gasteiger partial charge is 0.490 e. The minimum atomic E-state index is -0.0903. The number of carbonyl (C=O) groups excluding carboxylic acids is 1. The van der Waals surface area contributed by atoms with Gasteiger partial charge in [0.25, 0.3) is 5.91 Å². The third-order valence-electron chi connectivity index (χ3n) is 3.05. The Hall–Kier alpha value is -2.20. The summed E-state index contributed by atoms with van der Waals surface area (Å²) in [6.07, 6.45) is 0.906. The summed E-state index contributed by atoms with van der Waals surface area (Å²) in [5.74, 6) is 1.25. The van der Waals surface area contributed by atoms with Crippen LogP contribution in [0.4, 0.5) is 0 Å². The van der Waals surface area contributed by atoms with Gasteiger partial charge in [0.2, 0.25) is 0 Å². The fraction of sp³-hybridized carbons (Fsp3) is 0.278. The summed E-state index contributed by atoms with van der Waals surface area (Å²) in [7, 11) is 0. The van der Waals surface area contributed by atoms with Gasteiger partial charge in [-0.25, -0.2) is 0 Å². The first-order chi connectivity index (χ1) is 11.2. The van der Waals surface area contributed by atoms with Crippen LogP contribution >= 0.6 is 11.6 Å². The van der Waals surface area contributed by atoms with Gasteiger partial charge in [0.05, 0.1) is 0 Å². The molecule has 0 unspecified atom stereocenters. The molecule has 5 heteroatoms. The maximum atomic E-state index is 11.9. The Balaban J connectivity index is 1.80. The van der Waals surface area contributed by atoms with Gasteiger partial charge in [-0.1, -0.05) is 30.7 Å². The standard InChI is InChI=1S/C18H20ClNO3/c1-2-9-20-18(21)14-5-3-7-16(12-14)22-10-11-23-17-8-4-6-15(19)13-17/h3-8,12-13H,2,9-11H2,1H3,(H,20,21). The zero-order valence-electron chi connectivity index (χ0n) is 13.0. The van der Waals surface area contributed by atoms with Crippen molar-refractivity contribution in [3.63, 3.8) is 0 Å². The number of ether oxygens (including phenoxy) is 2. The summed E-state index contributed by atoms with van der Waals surface area (Å²) in [5, 5.41) is 3.47. The maximum absolute atomic E-state index is 11.9. The normalized spacial score (nSPS) is 10.2. The predicted molar refractivity (Wildman–Crippen MR) is 91.5 cm³/mol. The Bertz CT molecular complexity index is 646. The van der Waals surface area contributed by atoms with E-state index in [1.165, 1.54) is 0 Å². The number of nitrogens with one attached hydrogen (secondary N) is 1. The fourth-order valence-corrected chi connectivity index (χ4v) is 2.12. The highest BCUT2D eigenvalue weighted by molar-refractivity contribution is 6.30. The Morgan fingerprint density at radius 3 is 2.35 bits per heavy atom. The van der Waals surface area contributed by atoms with Crippen LogP contribution in [-0.4, -0.2) is 25.7 Å². The first-order valence-electron chi connectivity index (χ1n) is 7.58. The van der Waals surface area contributed by atoms with Gasteiger partial charge in [0, 0.05) is 17.1 Å². The fourth-order valence-electron chi connectivity index (χ4n) is 1.94. The zero-order valence-corrected chi connectivity index (χ0v) is 13.8. The third-order valence-corrected chi connectivity index (χ3v) is 3.28. The topological polar surface area (TPSA) is 47.6 Å². The minimum absolute atomic E-state index is 0.0903. The van der Waals surface area contributed by atoms with E-state index >= 15 is 0 Å². The molecule has 2 rings (SSSR count). The molecule has 23 heavy (non-hydrogen) atoms. The second-order valence-electron chi connectivity index (χ2n) is 4.94. The molecule has 0 saturated carbocycles. The van der Waals surface area contributed by atoms with Crippen molar-refractivity contribution in [3.8, 4) is 11.5 Å². The van der Waals surface area contributed by atoms with Crippen molar-refractivity contribution in [2.24, 2.45) is 0 Å². The van der Waals surface area contributed by atoms with Gasteiger partial charge < -0.3 is 14.8 Å². The van der Waals surface area contributed by atoms with E-state index in [2.05, 4.69) is 5.32 Å². The van der Waals surface area contributed by atoms with E-state index in [0.29, 0.717) is 41.8 Å². The molecule has 0 saturated heterocycles. The van der Waals surface area contributed by atoms with E-state index in [9.17, 15) is 4.79 Å². The Morgan fingerprint density at radius 2 is 1.70 bits per heavy atom. The molecular formula is C18H20ClNO3. The number of hydrogen-bond donors (Lipinski definition) is 1.